The number of hydrazone groups is 1. The molecule has 1 aromatic heterocycles. The lowest BCUT2D eigenvalue weighted by molar-refractivity contribution is -0.384. The molecule has 7 nitrogen and oxygen atoms in total. The normalized spacial score (nSPS) is 10.7. The van der Waals surface area contributed by atoms with E-state index in [1.54, 1.807) is 12.1 Å². The number of thiocarbonyl (C=S) groups is 1. The average molecular weight is 353 g/mol. The van der Waals surface area contributed by atoms with Crippen LogP contribution < -0.4 is 10.7 Å². The first-order valence-electron chi connectivity index (χ1n) is 6.62. The molecule has 0 amide bonds. The Morgan fingerprint density at radius 1 is 1.48 bits per heavy atom. The maximum Gasteiger partial charge on any atom is 0.270 e. The first-order valence-corrected chi connectivity index (χ1v) is 7.41. The number of benzene rings is 1. The van der Waals surface area contributed by atoms with Crippen LogP contribution in [0.2, 0.25) is 5.02 Å². The van der Waals surface area contributed by atoms with E-state index in [0.29, 0.717) is 33.8 Å². The number of hydrogen-bond acceptors (Lipinski definition) is 5. The van der Waals surface area contributed by atoms with Crippen molar-refractivity contribution in [1.29, 1.82) is 0 Å². The Morgan fingerprint density at radius 2 is 2.26 bits per heavy atom. The third-order valence-corrected chi connectivity index (χ3v) is 3.31. The Labute approximate surface area is 142 Å². The Kier molecular flexibility index (Phi) is 5.67. The Bertz CT molecular complexity index is 760. The zero-order valence-electron chi connectivity index (χ0n) is 12.1. The van der Waals surface area contributed by atoms with Gasteiger partial charge in [0.25, 0.3) is 5.69 Å². The molecule has 1 aromatic carbocycles. The maximum absolute atomic E-state index is 10.8. The number of nitro benzene ring substituents is 1. The van der Waals surface area contributed by atoms with E-state index in [1.807, 2.05) is 6.92 Å². The lowest BCUT2D eigenvalue weighted by Gasteiger charge is -2.02. The molecule has 0 aliphatic carbocycles. The van der Waals surface area contributed by atoms with Crippen LogP contribution in [0.5, 0.6) is 0 Å². The van der Waals surface area contributed by atoms with E-state index in [0.717, 1.165) is 0 Å². The second-order valence-corrected chi connectivity index (χ2v) is 5.17. The second-order valence-electron chi connectivity index (χ2n) is 4.35. The van der Waals surface area contributed by atoms with Crippen molar-refractivity contribution >= 4 is 40.8 Å². The third-order valence-electron chi connectivity index (χ3n) is 2.75. The van der Waals surface area contributed by atoms with Crippen LogP contribution in [0.15, 0.2) is 39.9 Å². The summed E-state index contributed by atoms with van der Waals surface area (Å²) in [6.07, 6.45) is 1.44. The van der Waals surface area contributed by atoms with Crippen LogP contribution in [0.3, 0.4) is 0 Å². The molecule has 2 aromatic rings. The highest BCUT2D eigenvalue weighted by atomic mass is 35.5. The van der Waals surface area contributed by atoms with Crippen molar-refractivity contribution in [3.63, 3.8) is 0 Å². The van der Waals surface area contributed by atoms with Crippen LogP contribution >= 0.6 is 23.8 Å². The summed E-state index contributed by atoms with van der Waals surface area (Å²) in [5, 5.41) is 18.4. The van der Waals surface area contributed by atoms with E-state index < -0.39 is 4.92 Å². The highest BCUT2D eigenvalue weighted by Crippen LogP contribution is 2.32. The number of nitrogens with one attached hydrogen (secondary N) is 2. The number of nitrogens with zero attached hydrogens (tertiary/aromatic N) is 2. The Morgan fingerprint density at radius 3 is 2.96 bits per heavy atom. The maximum atomic E-state index is 10.8. The summed E-state index contributed by atoms with van der Waals surface area (Å²) < 4.78 is 5.57. The van der Waals surface area contributed by atoms with E-state index in [1.165, 1.54) is 24.4 Å². The van der Waals surface area contributed by atoms with Crippen LogP contribution in [-0.4, -0.2) is 22.8 Å². The molecule has 0 saturated heterocycles. The summed E-state index contributed by atoms with van der Waals surface area (Å²) in [7, 11) is 0. The zero-order chi connectivity index (χ0) is 16.8. The van der Waals surface area contributed by atoms with Gasteiger partial charge >= 0.3 is 0 Å². The number of nitro groups is 1. The fraction of sp³-hybridized carbons (Fsp3) is 0.143. The Balaban J connectivity index is 2.16. The van der Waals surface area contributed by atoms with Crippen molar-refractivity contribution in [3.8, 4) is 11.3 Å². The van der Waals surface area contributed by atoms with Gasteiger partial charge in [-0.25, -0.2) is 0 Å². The van der Waals surface area contributed by atoms with Crippen molar-refractivity contribution in [3.05, 3.63) is 51.2 Å². The fourth-order valence-electron chi connectivity index (χ4n) is 1.74. The SMILES string of the molecule is CCNC(=S)N/N=C\c1ccc(-c2cc([N+](=O)[O-])ccc2Cl)o1. The van der Waals surface area contributed by atoms with Crippen LogP contribution in [0.4, 0.5) is 5.69 Å². The number of non-ortho nitro benzene ring substituents is 1. The van der Waals surface area contributed by atoms with Crippen molar-refractivity contribution in [2.24, 2.45) is 5.10 Å². The number of hydrogen-bond donors (Lipinski definition) is 2. The predicted molar refractivity (Wildman–Crippen MR) is 92.8 cm³/mol. The van der Waals surface area contributed by atoms with Crippen LogP contribution in [0.1, 0.15) is 12.7 Å². The first kappa shape index (κ1) is 16.9. The number of rotatable bonds is 5. The van der Waals surface area contributed by atoms with Crippen molar-refractivity contribution in [2.75, 3.05) is 6.54 Å². The topological polar surface area (TPSA) is 92.7 Å². The molecule has 0 aliphatic rings. The van der Waals surface area contributed by atoms with Crippen molar-refractivity contribution < 1.29 is 9.34 Å². The fourth-order valence-corrected chi connectivity index (χ4v) is 2.14. The molecule has 0 unspecified atom stereocenters. The minimum absolute atomic E-state index is 0.0614. The van der Waals surface area contributed by atoms with Gasteiger partial charge in [-0.2, -0.15) is 5.10 Å². The van der Waals surface area contributed by atoms with E-state index in [4.69, 9.17) is 28.2 Å². The van der Waals surface area contributed by atoms with Gasteiger partial charge in [0.1, 0.15) is 11.5 Å². The third kappa shape index (κ3) is 4.51. The van der Waals surface area contributed by atoms with E-state index in [9.17, 15) is 10.1 Å². The largest absolute Gasteiger partial charge is 0.455 e. The van der Waals surface area contributed by atoms with Crippen LogP contribution in [0, 0.1) is 10.1 Å². The first-order chi connectivity index (χ1) is 11.0. The zero-order valence-corrected chi connectivity index (χ0v) is 13.6. The molecular formula is C14H13ClN4O3S. The lowest BCUT2D eigenvalue weighted by atomic mass is 10.1. The molecule has 2 rings (SSSR count). The number of furan rings is 1. The molecule has 0 atom stereocenters. The van der Waals surface area contributed by atoms with Gasteiger partial charge in [-0.15, -0.1) is 0 Å². The van der Waals surface area contributed by atoms with Gasteiger partial charge in [0, 0.05) is 24.2 Å². The van der Waals surface area contributed by atoms with Gasteiger partial charge in [-0.1, -0.05) is 11.6 Å². The smallest absolute Gasteiger partial charge is 0.270 e. The monoisotopic (exact) mass is 352 g/mol. The predicted octanol–water partition coefficient (Wildman–Crippen LogP) is 3.33. The molecule has 2 N–H and O–H groups in total. The average Bonchev–Trinajstić information content (AvgIpc) is 2.96. The van der Waals surface area contributed by atoms with Gasteiger partial charge in [0.2, 0.25) is 0 Å². The lowest BCUT2D eigenvalue weighted by Crippen LogP contribution is -2.31. The standard InChI is InChI=1S/C14H13ClN4O3S/c1-2-16-14(23)18-17-8-10-4-6-13(22-10)11-7-9(19(20)21)3-5-12(11)15/h3-8H,2H2,1H3,(H2,16,18,23)/b17-8-. The van der Waals surface area contributed by atoms with Crippen LogP contribution in [0.25, 0.3) is 11.3 Å². The summed E-state index contributed by atoms with van der Waals surface area (Å²) >= 11 is 11.0. The second kappa shape index (κ2) is 7.70. The summed E-state index contributed by atoms with van der Waals surface area (Å²) in [5.41, 5.74) is 3.01. The quantitative estimate of drug-likeness (QED) is 0.371. The minimum Gasteiger partial charge on any atom is -0.455 e. The summed E-state index contributed by atoms with van der Waals surface area (Å²) in [6, 6.07) is 7.49. The number of halogens is 1. The van der Waals surface area contributed by atoms with Crippen LogP contribution in [-0.2, 0) is 0 Å². The van der Waals surface area contributed by atoms with E-state index >= 15 is 0 Å². The molecule has 0 spiro atoms. The summed E-state index contributed by atoms with van der Waals surface area (Å²) in [4.78, 5) is 10.4. The highest BCUT2D eigenvalue weighted by molar-refractivity contribution is 7.80. The molecule has 0 fully saturated rings. The molecule has 0 bridgehead atoms. The molecule has 120 valence electrons. The van der Waals surface area contributed by atoms with Gasteiger partial charge in [0.05, 0.1) is 16.2 Å². The van der Waals surface area contributed by atoms with Gasteiger partial charge in [0.15, 0.2) is 5.11 Å². The van der Waals surface area contributed by atoms with Gasteiger partial charge < -0.3 is 9.73 Å². The minimum atomic E-state index is -0.489. The highest BCUT2D eigenvalue weighted by Gasteiger charge is 2.14. The molecule has 0 radical (unpaired) electrons. The van der Waals surface area contributed by atoms with Gasteiger partial charge in [-0.05, 0) is 37.3 Å². The molecule has 1 heterocycles. The summed E-state index contributed by atoms with van der Waals surface area (Å²) in [5.74, 6) is 0.865. The van der Waals surface area contributed by atoms with Crippen molar-refractivity contribution in [2.45, 2.75) is 6.92 Å². The molecular weight excluding hydrogens is 340 g/mol. The summed E-state index contributed by atoms with van der Waals surface area (Å²) in [6.45, 7) is 2.61. The van der Waals surface area contributed by atoms with E-state index in [-0.39, 0.29) is 5.69 Å². The molecule has 9 heteroatoms. The molecule has 0 saturated carbocycles. The molecule has 23 heavy (non-hydrogen) atoms. The van der Waals surface area contributed by atoms with Gasteiger partial charge in [-0.3, -0.25) is 15.5 Å². The molecule has 0 aliphatic heterocycles. The Hall–Kier alpha value is -2.45. The van der Waals surface area contributed by atoms with Crippen molar-refractivity contribution in [1.82, 2.24) is 10.7 Å². The van der Waals surface area contributed by atoms with E-state index in [2.05, 4.69) is 15.8 Å².